The second kappa shape index (κ2) is 51.2. The molecule has 0 heterocycles. The smallest absolute Gasteiger partial charge is 0.305 e. The van der Waals surface area contributed by atoms with Gasteiger partial charge in [-0.3, -0.25) is 14.4 Å². The van der Waals surface area contributed by atoms with Crippen molar-refractivity contribution in [3.63, 3.8) is 0 Å². The van der Waals surface area contributed by atoms with E-state index in [0.717, 1.165) is 90.0 Å². The molecular formula is C59H115NO6. The molecule has 3 unspecified atom stereocenters. The topological polar surface area (TPSA) is 90.9 Å². The van der Waals surface area contributed by atoms with Crippen molar-refractivity contribution < 1.29 is 28.6 Å². The first-order chi connectivity index (χ1) is 32.3. The fraction of sp³-hybridized carbons (Fsp3) is 0.949. The van der Waals surface area contributed by atoms with E-state index in [0.29, 0.717) is 62.9 Å². The molecule has 0 saturated carbocycles. The highest BCUT2D eigenvalue weighted by Crippen LogP contribution is 2.22. The summed E-state index contributed by atoms with van der Waals surface area (Å²) in [5.41, 5.74) is 0. The van der Waals surface area contributed by atoms with Crippen molar-refractivity contribution in [2.24, 2.45) is 17.8 Å². The standard InChI is InChI=1S/C59H115NO6/c1-7-13-18-22-24-31-42-54(40-29-20-15-9-3)51-65-58(62)46-35-26-33-44-56(60-49-38-28-37-48-57(61)64-50-53(12-6)39-17-11-5)45-34-27-36-47-59(63)66-52-55(41-30-21-16-10-4)43-32-25-23-19-14-8-2/h53-56,60H,7-52H2,1-6H3. The number of unbranched alkanes of at least 4 members (excludes halogenated alkanes) is 23. The van der Waals surface area contributed by atoms with Crippen LogP contribution in [0.3, 0.4) is 0 Å². The van der Waals surface area contributed by atoms with Gasteiger partial charge in [-0.1, -0.05) is 221 Å². The molecule has 0 aromatic heterocycles. The molecule has 0 amide bonds. The molecule has 0 aliphatic heterocycles. The summed E-state index contributed by atoms with van der Waals surface area (Å²) in [5, 5.41) is 3.85. The molecule has 0 saturated heterocycles. The third kappa shape index (κ3) is 44.9. The van der Waals surface area contributed by atoms with Crippen molar-refractivity contribution in [3.05, 3.63) is 0 Å². The second-order valence-corrected chi connectivity index (χ2v) is 20.7. The molecule has 66 heavy (non-hydrogen) atoms. The molecule has 7 nitrogen and oxygen atoms in total. The van der Waals surface area contributed by atoms with Crippen molar-refractivity contribution in [2.45, 2.75) is 317 Å². The Morgan fingerprint density at radius 3 is 0.985 bits per heavy atom. The van der Waals surface area contributed by atoms with Gasteiger partial charge in [0.05, 0.1) is 19.8 Å². The van der Waals surface area contributed by atoms with Crippen molar-refractivity contribution in [1.29, 1.82) is 0 Å². The predicted octanol–water partition coefficient (Wildman–Crippen LogP) is 17.9. The van der Waals surface area contributed by atoms with Crippen LogP contribution in [-0.2, 0) is 28.6 Å². The second-order valence-electron chi connectivity index (χ2n) is 20.7. The van der Waals surface area contributed by atoms with Crippen molar-refractivity contribution in [1.82, 2.24) is 5.32 Å². The lowest BCUT2D eigenvalue weighted by Gasteiger charge is -2.19. The Kier molecular flexibility index (Phi) is 50.0. The highest BCUT2D eigenvalue weighted by atomic mass is 16.5. The van der Waals surface area contributed by atoms with Crippen LogP contribution >= 0.6 is 0 Å². The number of carbonyl (C=O) groups excluding carboxylic acids is 3. The van der Waals surface area contributed by atoms with E-state index in [4.69, 9.17) is 14.2 Å². The molecule has 0 bridgehead atoms. The molecule has 7 heteroatoms. The molecule has 0 fully saturated rings. The SMILES string of the molecule is CCCCCCCCC(CCCCCC)COC(=O)CCCCCC(CCCCCC(=O)OCC(CCCCCC)CCCCCCCC)NCCCCCC(=O)OCC(CC)CCCC. The summed E-state index contributed by atoms with van der Waals surface area (Å²) in [6, 6.07) is 0.425. The summed E-state index contributed by atoms with van der Waals surface area (Å²) in [4.78, 5) is 38.1. The first-order valence-corrected chi connectivity index (χ1v) is 29.5. The van der Waals surface area contributed by atoms with Gasteiger partial charge in [-0.2, -0.15) is 0 Å². The zero-order chi connectivity index (χ0) is 48.4. The number of esters is 3. The summed E-state index contributed by atoms with van der Waals surface area (Å²) in [7, 11) is 0. The minimum absolute atomic E-state index is 0.0180. The molecule has 0 aliphatic rings. The van der Waals surface area contributed by atoms with Crippen molar-refractivity contribution in [3.8, 4) is 0 Å². The zero-order valence-electron chi connectivity index (χ0n) is 45.3. The van der Waals surface area contributed by atoms with Gasteiger partial charge in [-0.15, -0.1) is 0 Å². The van der Waals surface area contributed by atoms with Gasteiger partial charge in [0.1, 0.15) is 0 Å². The Morgan fingerprint density at radius 2 is 0.606 bits per heavy atom. The quantitative estimate of drug-likeness (QED) is 0.0369. The van der Waals surface area contributed by atoms with E-state index in [1.165, 1.54) is 167 Å². The normalized spacial score (nSPS) is 13.4. The highest BCUT2D eigenvalue weighted by Gasteiger charge is 2.16. The van der Waals surface area contributed by atoms with Gasteiger partial charge >= 0.3 is 17.9 Å². The molecule has 0 aromatic rings. The lowest BCUT2D eigenvalue weighted by atomic mass is 9.95. The van der Waals surface area contributed by atoms with E-state index in [1.807, 2.05) is 0 Å². The molecule has 3 atom stereocenters. The third-order valence-electron chi connectivity index (χ3n) is 14.2. The Bertz CT molecular complexity index is 978. The van der Waals surface area contributed by atoms with Crippen LogP contribution < -0.4 is 5.32 Å². The van der Waals surface area contributed by atoms with Crippen molar-refractivity contribution >= 4 is 17.9 Å². The molecule has 0 rings (SSSR count). The molecule has 0 aliphatic carbocycles. The maximum Gasteiger partial charge on any atom is 0.305 e. The van der Waals surface area contributed by atoms with E-state index in [9.17, 15) is 14.4 Å². The number of rotatable bonds is 53. The number of hydrogen-bond donors (Lipinski definition) is 1. The Hall–Kier alpha value is -1.63. The van der Waals surface area contributed by atoms with Crippen LogP contribution in [0.4, 0.5) is 0 Å². The van der Waals surface area contributed by atoms with Crippen LogP contribution in [0.5, 0.6) is 0 Å². The van der Waals surface area contributed by atoms with Gasteiger partial charge in [0.25, 0.3) is 0 Å². The van der Waals surface area contributed by atoms with Crippen LogP contribution in [0.1, 0.15) is 311 Å². The average Bonchev–Trinajstić information content (AvgIpc) is 3.32. The van der Waals surface area contributed by atoms with Crippen LogP contribution in [0, 0.1) is 17.8 Å². The van der Waals surface area contributed by atoms with Gasteiger partial charge in [-0.05, 0) is 94.9 Å². The summed E-state index contributed by atoms with van der Waals surface area (Å²) >= 11 is 0. The number of carbonyl (C=O) groups is 3. The maximum absolute atomic E-state index is 12.8. The van der Waals surface area contributed by atoms with E-state index in [2.05, 4.69) is 46.9 Å². The fourth-order valence-corrected chi connectivity index (χ4v) is 9.41. The van der Waals surface area contributed by atoms with E-state index in [-0.39, 0.29) is 17.9 Å². The summed E-state index contributed by atoms with van der Waals surface area (Å²) in [6.45, 7) is 16.2. The zero-order valence-corrected chi connectivity index (χ0v) is 45.3. The van der Waals surface area contributed by atoms with E-state index in [1.54, 1.807) is 0 Å². The third-order valence-corrected chi connectivity index (χ3v) is 14.2. The summed E-state index contributed by atoms with van der Waals surface area (Å²) < 4.78 is 17.4. The predicted molar refractivity (Wildman–Crippen MR) is 283 cm³/mol. The Labute approximate surface area is 411 Å². The van der Waals surface area contributed by atoms with Crippen LogP contribution in [-0.4, -0.2) is 50.3 Å². The minimum Gasteiger partial charge on any atom is -0.465 e. The summed E-state index contributed by atoms with van der Waals surface area (Å²) in [5.74, 6) is 1.42. The number of nitrogens with one attached hydrogen (secondary N) is 1. The lowest BCUT2D eigenvalue weighted by molar-refractivity contribution is -0.146. The lowest BCUT2D eigenvalue weighted by Crippen LogP contribution is -2.30. The maximum atomic E-state index is 12.8. The summed E-state index contributed by atoms with van der Waals surface area (Å²) in [6.07, 6.45) is 48.0. The first kappa shape index (κ1) is 64.4. The van der Waals surface area contributed by atoms with Crippen LogP contribution in [0.15, 0.2) is 0 Å². The van der Waals surface area contributed by atoms with Crippen LogP contribution in [0.25, 0.3) is 0 Å². The highest BCUT2D eigenvalue weighted by molar-refractivity contribution is 5.69. The average molecular weight is 935 g/mol. The largest absolute Gasteiger partial charge is 0.465 e. The molecular weight excluding hydrogens is 819 g/mol. The molecule has 1 N–H and O–H groups in total. The van der Waals surface area contributed by atoms with Crippen LogP contribution in [0.2, 0.25) is 0 Å². The molecule has 0 aromatic carbocycles. The van der Waals surface area contributed by atoms with E-state index >= 15 is 0 Å². The van der Waals surface area contributed by atoms with Gasteiger partial charge in [0.15, 0.2) is 0 Å². The van der Waals surface area contributed by atoms with Gasteiger partial charge in [0.2, 0.25) is 0 Å². The molecule has 392 valence electrons. The minimum atomic E-state index is -0.0469. The number of hydrogen-bond acceptors (Lipinski definition) is 7. The Morgan fingerprint density at radius 1 is 0.318 bits per heavy atom. The first-order valence-electron chi connectivity index (χ1n) is 29.5. The van der Waals surface area contributed by atoms with Gasteiger partial charge < -0.3 is 19.5 Å². The van der Waals surface area contributed by atoms with Gasteiger partial charge in [-0.25, -0.2) is 0 Å². The van der Waals surface area contributed by atoms with E-state index < -0.39 is 0 Å². The molecule has 0 spiro atoms. The fourth-order valence-electron chi connectivity index (χ4n) is 9.41. The molecule has 0 radical (unpaired) electrons. The van der Waals surface area contributed by atoms with Gasteiger partial charge in [0, 0.05) is 25.3 Å². The Balaban J connectivity index is 4.87. The number of ether oxygens (including phenoxy) is 3. The van der Waals surface area contributed by atoms with Crippen molar-refractivity contribution in [2.75, 3.05) is 26.4 Å². The monoisotopic (exact) mass is 934 g/mol.